The Morgan fingerprint density at radius 3 is 2.50 bits per heavy atom. The minimum Gasteiger partial charge on any atom is -0.497 e. The predicted octanol–water partition coefficient (Wildman–Crippen LogP) is 6.27. The largest absolute Gasteiger partial charge is 0.497 e. The Morgan fingerprint density at radius 1 is 1.17 bits per heavy atom. The van der Waals surface area contributed by atoms with Gasteiger partial charge in [-0.1, -0.05) is 54.9 Å². The highest BCUT2D eigenvalue weighted by atomic mass is 35.5. The Bertz CT molecular complexity index is 1230. The molecule has 10 heteroatoms. The number of allylic oxidation sites excluding steroid dienone is 1. The van der Waals surface area contributed by atoms with Gasteiger partial charge in [-0.3, -0.25) is 9.59 Å². The lowest BCUT2D eigenvalue weighted by atomic mass is 10.0. The number of nitrogens with one attached hydrogen (secondary N) is 1. The zero-order chi connectivity index (χ0) is 26.2. The van der Waals surface area contributed by atoms with Crippen molar-refractivity contribution in [2.75, 3.05) is 12.9 Å². The van der Waals surface area contributed by atoms with Crippen LogP contribution in [0.1, 0.15) is 52.9 Å². The van der Waals surface area contributed by atoms with Crippen molar-refractivity contribution in [2.24, 2.45) is 5.92 Å². The number of thioether (sulfide) groups is 1. The van der Waals surface area contributed by atoms with E-state index < -0.39 is 6.04 Å². The molecule has 0 aliphatic carbocycles. The SMILES string of the molecule is C=CCn1c(SCC(=O)c2ccc(OC)cc2)nnc1[C@@H](CC(C)C)NC(=O)c1ccc(Cl)cc1Cl. The van der Waals surface area contributed by atoms with Crippen LogP contribution in [0.25, 0.3) is 0 Å². The van der Waals surface area contributed by atoms with Gasteiger partial charge in [-0.05, 0) is 54.8 Å². The molecule has 3 aromatic rings. The first-order valence-corrected chi connectivity index (χ1v) is 13.1. The number of rotatable bonds is 12. The van der Waals surface area contributed by atoms with Crippen molar-refractivity contribution in [3.05, 3.63) is 82.1 Å². The first-order chi connectivity index (χ1) is 17.2. The maximum atomic E-state index is 13.1. The van der Waals surface area contributed by atoms with Crippen LogP contribution in [0, 0.1) is 5.92 Å². The Kier molecular flexibility index (Phi) is 9.98. The highest BCUT2D eigenvalue weighted by Crippen LogP contribution is 2.27. The van der Waals surface area contributed by atoms with Gasteiger partial charge < -0.3 is 14.6 Å². The number of hydrogen-bond donors (Lipinski definition) is 1. The molecule has 1 N–H and O–H groups in total. The van der Waals surface area contributed by atoms with Crippen molar-refractivity contribution >= 4 is 46.7 Å². The number of ketones is 1. The summed E-state index contributed by atoms with van der Waals surface area (Å²) in [7, 11) is 1.58. The summed E-state index contributed by atoms with van der Waals surface area (Å²) in [6.45, 7) is 8.39. The summed E-state index contributed by atoms with van der Waals surface area (Å²) in [6, 6.07) is 11.3. The van der Waals surface area contributed by atoms with Crippen LogP contribution >= 0.6 is 35.0 Å². The average molecular weight is 548 g/mol. The summed E-state index contributed by atoms with van der Waals surface area (Å²) in [4.78, 5) is 25.8. The summed E-state index contributed by atoms with van der Waals surface area (Å²) in [5.41, 5.74) is 0.910. The molecule has 0 bridgehead atoms. The molecule has 0 saturated heterocycles. The van der Waals surface area contributed by atoms with Gasteiger partial charge in [0.25, 0.3) is 5.91 Å². The lowest BCUT2D eigenvalue weighted by Gasteiger charge is -2.21. The number of nitrogens with zero attached hydrogens (tertiary/aromatic N) is 3. The van der Waals surface area contributed by atoms with E-state index in [1.165, 1.54) is 17.8 Å². The molecular formula is C26H28Cl2N4O3S. The van der Waals surface area contributed by atoms with Crippen molar-refractivity contribution in [2.45, 2.75) is 38.0 Å². The summed E-state index contributed by atoms with van der Waals surface area (Å²) in [5.74, 6) is 1.34. The summed E-state index contributed by atoms with van der Waals surface area (Å²) in [6.07, 6.45) is 2.36. The van der Waals surface area contributed by atoms with E-state index in [4.69, 9.17) is 27.9 Å². The predicted molar refractivity (Wildman–Crippen MR) is 144 cm³/mol. The number of Topliss-reactive ketones (excluding diaryl/α,β-unsaturated/α-hetero) is 1. The Labute approximate surface area is 225 Å². The van der Waals surface area contributed by atoms with Gasteiger partial charge in [-0.2, -0.15) is 0 Å². The van der Waals surface area contributed by atoms with Crippen molar-refractivity contribution in [1.29, 1.82) is 0 Å². The molecule has 0 spiro atoms. The zero-order valence-corrected chi connectivity index (χ0v) is 22.7. The molecule has 190 valence electrons. The van der Waals surface area contributed by atoms with Gasteiger partial charge in [-0.25, -0.2) is 0 Å². The lowest BCUT2D eigenvalue weighted by molar-refractivity contribution is 0.0928. The van der Waals surface area contributed by atoms with Crippen LogP contribution in [0.5, 0.6) is 5.75 Å². The maximum Gasteiger partial charge on any atom is 0.253 e. The van der Waals surface area contributed by atoms with Gasteiger partial charge in [0.2, 0.25) is 0 Å². The average Bonchev–Trinajstić information content (AvgIpc) is 3.24. The molecule has 0 saturated carbocycles. The second-order valence-corrected chi connectivity index (χ2v) is 10.2. The van der Waals surface area contributed by atoms with E-state index in [1.807, 2.05) is 4.57 Å². The second kappa shape index (κ2) is 12.9. The third-order valence-electron chi connectivity index (χ3n) is 5.30. The van der Waals surface area contributed by atoms with E-state index in [0.29, 0.717) is 45.8 Å². The second-order valence-electron chi connectivity index (χ2n) is 8.46. The monoisotopic (exact) mass is 546 g/mol. The molecule has 1 aromatic heterocycles. The van der Waals surface area contributed by atoms with Gasteiger partial charge >= 0.3 is 0 Å². The fraction of sp³-hybridized carbons (Fsp3) is 0.308. The van der Waals surface area contributed by atoms with Crippen LogP contribution in [-0.4, -0.2) is 39.3 Å². The fourth-order valence-electron chi connectivity index (χ4n) is 3.57. The molecule has 2 aromatic carbocycles. The van der Waals surface area contributed by atoms with Crippen LogP contribution < -0.4 is 10.1 Å². The third-order valence-corrected chi connectivity index (χ3v) is 6.82. The quantitative estimate of drug-likeness (QED) is 0.163. The topological polar surface area (TPSA) is 86.1 Å². The number of hydrogen-bond acceptors (Lipinski definition) is 6. The van der Waals surface area contributed by atoms with Gasteiger partial charge in [0.15, 0.2) is 16.8 Å². The van der Waals surface area contributed by atoms with Gasteiger partial charge in [0, 0.05) is 17.1 Å². The molecule has 0 aliphatic rings. The molecule has 36 heavy (non-hydrogen) atoms. The number of carbonyl (C=O) groups excluding carboxylic acids is 2. The van der Waals surface area contributed by atoms with Crippen LogP contribution in [0.4, 0.5) is 0 Å². The molecule has 0 radical (unpaired) electrons. The first-order valence-electron chi connectivity index (χ1n) is 11.3. The highest BCUT2D eigenvalue weighted by Gasteiger charge is 2.25. The third kappa shape index (κ3) is 7.12. The molecule has 7 nitrogen and oxygen atoms in total. The van der Waals surface area contributed by atoms with Crippen LogP contribution in [0.2, 0.25) is 10.0 Å². The minimum atomic E-state index is -0.427. The Hall–Kier alpha value is -2.81. The maximum absolute atomic E-state index is 13.1. The number of methoxy groups -OCH3 is 1. The molecule has 0 unspecified atom stereocenters. The summed E-state index contributed by atoms with van der Waals surface area (Å²) >= 11 is 13.5. The fourth-order valence-corrected chi connectivity index (χ4v) is 4.91. The standard InChI is InChI=1S/C26H28Cl2N4O3S/c1-5-12-32-24(22(13-16(2)3)29-25(34)20-11-8-18(27)14-21(20)28)30-31-26(32)36-15-23(33)17-6-9-19(35-4)10-7-17/h5-11,14,16,22H,1,12-13,15H2,2-4H3,(H,29,34)/t22-/m1/s1. The molecule has 1 amide bonds. The van der Waals surface area contributed by atoms with E-state index in [-0.39, 0.29) is 28.4 Å². The lowest BCUT2D eigenvalue weighted by Crippen LogP contribution is -2.32. The van der Waals surface area contributed by atoms with E-state index >= 15 is 0 Å². The smallest absolute Gasteiger partial charge is 0.253 e. The molecule has 3 rings (SSSR count). The van der Waals surface area contributed by atoms with E-state index in [1.54, 1.807) is 49.6 Å². The van der Waals surface area contributed by atoms with Crippen LogP contribution in [0.3, 0.4) is 0 Å². The molecule has 0 fully saturated rings. The minimum absolute atomic E-state index is 0.0400. The molecule has 0 aliphatic heterocycles. The zero-order valence-electron chi connectivity index (χ0n) is 20.3. The van der Waals surface area contributed by atoms with Crippen molar-refractivity contribution in [3.8, 4) is 5.75 Å². The normalized spacial score (nSPS) is 11.8. The number of halogens is 2. The molecular weight excluding hydrogens is 519 g/mol. The Morgan fingerprint density at radius 2 is 1.89 bits per heavy atom. The van der Waals surface area contributed by atoms with Crippen LogP contribution in [-0.2, 0) is 6.54 Å². The number of aromatic nitrogens is 3. The first kappa shape index (κ1) is 27.8. The summed E-state index contributed by atoms with van der Waals surface area (Å²) in [5, 5.41) is 13.0. The van der Waals surface area contributed by atoms with Crippen molar-refractivity contribution in [3.63, 3.8) is 0 Å². The Balaban J connectivity index is 1.82. The van der Waals surface area contributed by atoms with E-state index in [2.05, 4.69) is 35.9 Å². The number of carbonyl (C=O) groups is 2. The number of amides is 1. The highest BCUT2D eigenvalue weighted by molar-refractivity contribution is 7.99. The van der Waals surface area contributed by atoms with Crippen molar-refractivity contribution in [1.82, 2.24) is 20.1 Å². The van der Waals surface area contributed by atoms with E-state index in [0.717, 1.165) is 0 Å². The van der Waals surface area contributed by atoms with Gasteiger partial charge in [-0.15, -0.1) is 16.8 Å². The number of benzene rings is 2. The number of ether oxygens (including phenoxy) is 1. The van der Waals surface area contributed by atoms with Crippen LogP contribution in [0.15, 0.2) is 60.3 Å². The van der Waals surface area contributed by atoms with Crippen molar-refractivity contribution < 1.29 is 14.3 Å². The summed E-state index contributed by atoms with van der Waals surface area (Å²) < 4.78 is 7.02. The van der Waals surface area contributed by atoms with Gasteiger partial charge in [0.05, 0.1) is 29.5 Å². The molecule has 1 atom stereocenters. The van der Waals surface area contributed by atoms with Gasteiger partial charge in [0.1, 0.15) is 5.75 Å². The molecule has 1 heterocycles. The van der Waals surface area contributed by atoms with E-state index in [9.17, 15) is 9.59 Å².